The molecular weight excluding hydrogens is 290 g/mol. The smallest absolute Gasteiger partial charge is 0.262 e. The Hall–Kier alpha value is -1.59. The van der Waals surface area contributed by atoms with E-state index in [4.69, 9.17) is 16.3 Å². The zero-order chi connectivity index (χ0) is 14.8. The fraction of sp³-hybridized carbons (Fsp3) is 0.467. The number of nitrogens with zero attached hydrogens (tertiary/aromatic N) is 2. The van der Waals surface area contributed by atoms with E-state index in [1.807, 2.05) is 0 Å². The van der Waals surface area contributed by atoms with E-state index in [1.54, 1.807) is 29.9 Å². The Morgan fingerprint density at radius 3 is 3.10 bits per heavy atom. The number of methoxy groups -OCH3 is 1. The summed E-state index contributed by atoms with van der Waals surface area (Å²) in [4.78, 5) is 17.0. The van der Waals surface area contributed by atoms with Crippen molar-refractivity contribution in [2.24, 2.45) is 5.92 Å². The number of aromatic nitrogens is 2. The highest BCUT2D eigenvalue weighted by molar-refractivity contribution is 6.28. The number of nitrogens with one attached hydrogen (secondary N) is 1. The minimum absolute atomic E-state index is 0.102. The van der Waals surface area contributed by atoms with Crippen LogP contribution in [-0.4, -0.2) is 29.8 Å². The van der Waals surface area contributed by atoms with Gasteiger partial charge in [-0.25, -0.2) is 4.98 Å². The number of para-hydroxylation sites is 1. The number of fused-ring (bicyclic) bond motifs is 1. The van der Waals surface area contributed by atoms with Gasteiger partial charge in [0.2, 0.25) is 5.28 Å². The Morgan fingerprint density at radius 2 is 2.38 bits per heavy atom. The highest BCUT2D eigenvalue weighted by atomic mass is 35.5. The molecule has 0 amide bonds. The summed E-state index contributed by atoms with van der Waals surface area (Å²) < 4.78 is 6.82. The summed E-state index contributed by atoms with van der Waals surface area (Å²) >= 11 is 6.23. The molecule has 1 atom stereocenters. The summed E-state index contributed by atoms with van der Waals surface area (Å²) in [6.07, 6.45) is 2.23. The normalized spacial score (nSPS) is 18.9. The average molecular weight is 308 g/mol. The topological polar surface area (TPSA) is 56.1 Å². The Morgan fingerprint density at radius 1 is 1.52 bits per heavy atom. The first kappa shape index (κ1) is 14.4. The van der Waals surface area contributed by atoms with Crippen molar-refractivity contribution in [2.75, 3.05) is 20.2 Å². The van der Waals surface area contributed by atoms with E-state index in [9.17, 15) is 4.79 Å². The van der Waals surface area contributed by atoms with Crippen LogP contribution in [0.4, 0.5) is 0 Å². The van der Waals surface area contributed by atoms with Gasteiger partial charge in [-0.3, -0.25) is 9.36 Å². The lowest BCUT2D eigenvalue weighted by Crippen LogP contribution is -2.35. The van der Waals surface area contributed by atoms with E-state index in [1.165, 1.54) is 0 Å². The number of ether oxygens (including phenoxy) is 1. The molecule has 1 aromatic heterocycles. The summed E-state index contributed by atoms with van der Waals surface area (Å²) in [5, 5.41) is 4.12. The fourth-order valence-corrected chi connectivity index (χ4v) is 3.08. The largest absolute Gasteiger partial charge is 0.494 e. The molecule has 1 saturated heterocycles. The van der Waals surface area contributed by atoms with Gasteiger partial charge in [-0.05, 0) is 55.6 Å². The molecule has 1 fully saturated rings. The van der Waals surface area contributed by atoms with E-state index >= 15 is 0 Å². The van der Waals surface area contributed by atoms with Gasteiger partial charge in [0.1, 0.15) is 11.3 Å². The third kappa shape index (κ3) is 2.76. The van der Waals surface area contributed by atoms with Crippen LogP contribution >= 0.6 is 11.6 Å². The third-order valence-corrected chi connectivity index (χ3v) is 4.25. The van der Waals surface area contributed by atoms with Crippen molar-refractivity contribution in [1.29, 1.82) is 0 Å². The number of hydrogen-bond donors (Lipinski definition) is 1. The standard InChI is InChI=1S/C15H18ClN3O2/c1-21-12-6-2-5-11-13(12)18-15(16)19(14(11)20)9-10-4-3-7-17-8-10/h2,5-6,10,17H,3-4,7-9H2,1H3. The van der Waals surface area contributed by atoms with Gasteiger partial charge in [0, 0.05) is 6.54 Å². The van der Waals surface area contributed by atoms with Gasteiger partial charge in [-0.15, -0.1) is 0 Å². The molecule has 1 aliphatic rings. The molecule has 5 nitrogen and oxygen atoms in total. The van der Waals surface area contributed by atoms with Gasteiger partial charge in [-0.2, -0.15) is 0 Å². The summed E-state index contributed by atoms with van der Waals surface area (Å²) in [5.41, 5.74) is 0.419. The van der Waals surface area contributed by atoms with E-state index < -0.39 is 0 Å². The van der Waals surface area contributed by atoms with Gasteiger partial charge >= 0.3 is 0 Å². The Kier molecular flexibility index (Phi) is 4.12. The van der Waals surface area contributed by atoms with Gasteiger partial charge in [-0.1, -0.05) is 6.07 Å². The van der Waals surface area contributed by atoms with Crippen molar-refractivity contribution in [2.45, 2.75) is 19.4 Å². The maximum absolute atomic E-state index is 12.7. The molecule has 0 radical (unpaired) electrons. The zero-order valence-corrected chi connectivity index (χ0v) is 12.7. The number of hydrogen-bond acceptors (Lipinski definition) is 4. The van der Waals surface area contributed by atoms with Gasteiger partial charge in [0.05, 0.1) is 12.5 Å². The van der Waals surface area contributed by atoms with Crippen molar-refractivity contribution < 1.29 is 4.74 Å². The molecule has 0 aliphatic carbocycles. The molecule has 0 bridgehead atoms. The molecular formula is C15H18ClN3O2. The Bertz CT molecular complexity index is 708. The molecule has 1 aromatic carbocycles. The Balaban J connectivity index is 2.05. The van der Waals surface area contributed by atoms with Gasteiger partial charge < -0.3 is 10.1 Å². The SMILES string of the molecule is COc1cccc2c(=O)n(CC3CCCNC3)c(Cl)nc12. The molecule has 1 N–H and O–H groups in total. The molecule has 0 saturated carbocycles. The van der Waals surface area contributed by atoms with Crippen LogP contribution in [0.25, 0.3) is 10.9 Å². The second-order valence-electron chi connectivity index (χ2n) is 5.37. The van der Waals surface area contributed by atoms with Crippen molar-refractivity contribution >= 4 is 22.5 Å². The molecule has 2 aromatic rings. The lowest BCUT2D eigenvalue weighted by molar-refractivity contribution is 0.333. The van der Waals surface area contributed by atoms with E-state index in [-0.39, 0.29) is 10.8 Å². The minimum Gasteiger partial charge on any atom is -0.494 e. The maximum atomic E-state index is 12.7. The van der Waals surface area contributed by atoms with E-state index in [2.05, 4.69) is 10.3 Å². The lowest BCUT2D eigenvalue weighted by Gasteiger charge is -2.23. The maximum Gasteiger partial charge on any atom is 0.262 e. The van der Waals surface area contributed by atoms with Crippen molar-refractivity contribution in [3.8, 4) is 5.75 Å². The predicted molar refractivity (Wildman–Crippen MR) is 83.2 cm³/mol. The molecule has 112 valence electrons. The van der Waals surface area contributed by atoms with Crippen molar-refractivity contribution in [3.63, 3.8) is 0 Å². The highest BCUT2D eigenvalue weighted by Crippen LogP contribution is 2.23. The first-order chi connectivity index (χ1) is 10.2. The molecule has 6 heteroatoms. The summed E-state index contributed by atoms with van der Waals surface area (Å²) in [7, 11) is 1.56. The molecule has 0 spiro atoms. The molecule has 3 rings (SSSR count). The molecule has 1 aliphatic heterocycles. The van der Waals surface area contributed by atoms with Crippen LogP contribution in [0.5, 0.6) is 5.75 Å². The van der Waals surface area contributed by atoms with Crippen LogP contribution in [0.2, 0.25) is 5.28 Å². The quantitative estimate of drug-likeness (QED) is 0.882. The van der Waals surface area contributed by atoms with Gasteiger partial charge in [0.25, 0.3) is 5.56 Å². The van der Waals surface area contributed by atoms with Crippen LogP contribution < -0.4 is 15.6 Å². The van der Waals surface area contributed by atoms with E-state index in [0.717, 1.165) is 25.9 Å². The summed E-state index contributed by atoms with van der Waals surface area (Å²) in [5.74, 6) is 0.983. The first-order valence-electron chi connectivity index (χ1n) is 7.14. The zero-order valence-electron chi connectivity index (χ0n) is 11.9. The summed E-state index contributed by atoms with van der Waals surface area (Å²) in [6.45, 7) is 2.57. The van der Waals surface area contributed by atoms with Crippen molar-refractivity contribution in [3.05, 3.63) is 33.8 Å². The Labute approximate surface area is 127 Å². The van der Waals surface area contributed by atoms with Gasteiger partial charge in [0.15, 0.2) is 0 Å². The third-order valence-electron chi connectivity index (χ3n) is 3.96. The monoisotopic (exact) mass is 307 g/mol. The first-order valence-corrected chi connectivity index (χ1v) is 7.52. The second-order valence-corrected chi connectivity index (χ2v) is 5.70. The van der Waals surface area contributed by atoms with Crippen LogP contribution in [-0.2, 0) is 6.54 Å². The number of benzene rings is 1. The lowest BCUT2D eigenvalue weighted by atomic mass is 10.00. The fourth-order valence-electron chi connectivity index (χ4n) is 2.85. The number of halogens is 1. The highest BCUT2D eigenvalue weighted by Gasteiger charge is 2.18. The molecule has 21 heavy (non-hydrogen) atoms. The van der Waals surface area contributed by atoms with Crippen molar-refractivity contribution in [1.82, 2.24) is 14.9 Å². The van der Waals surface area contributed by atoms with Crippen LogP contribution in [0.3, 0.4) is 0 Å². The number of piperidine rings is 1. The predicted octanol–water partition coefficient (Wildman–Crippen LogP) is 2.06. The number of rotatable bonds is 3. The second kappa shape index (κ2) is 6.03. The van der Waals surface area contributed by atoms with Crippen LogP contribution in [0.1, 0.15) is 12.8 Å². The molecule has 2 heterocycles. The minimum atomic E-state index is -0.102. The summed E-state index contributed by atoms with van der Waals surface area (Å²) in [6, 6.07) is 5.34. The van der Waals surface area contributed by atoms with E-state index in [0.29, 0.717) is 29.1 Å². The van der Waals surface area contributed by atoms with Crippen LogP contribution in [0.15, 0.2) is 23.0 Å². The van der Waals surface area contributed by atoms with Crippen LogP contribution in [0, 0.1) is 5.92 Å². The molecule has 1 unspecified atom stereocenters. The average Bonchev–Trinajstić information content (AvgIpc) is 2.52.